The third kappa shape index (κ3) is 4.39. The summed E-state index contributed by atoms with van der Waals surface area (Å²) >= 11 is 0. The van der Waals surface area contributed by atoms with Gasteiger partial charge in [0.05, 0.1) is 4.92 Å². The van der Waals surface area contributed by atoms with Crippen LogP contribution in [0.3, 0.4) is 0 Å². The second kappa shape index (κ2) is 7.87. The summed E-state index contributed by atoms with van der Waals surface area (Å²) in [5, 5.41) is 13.3. The van der Waals surface area contributed by atoms with Gasteiger partial charge in [-0.1, -0.05) is 19.1 Å². The average molecular weight is 328 g/mol. The number of anilines is 1. The van der Waals surface area contributed by atoms with E-state index in [1.54, 1.807) is 37.3 Å². The minimum absolute atomic E-state index is 0.0238. The maximum Gasteiger partial charge on any atom is 0.292 e. The van der Waals surface area contributed by atoms with E-state index >= 15 is 0 Å². The Morgan fingerprint density at radius 3 is 2.42 bits per heavy atom. The van der Waals surface area contributed by atoms with Gasteiger partial charge in [-0.3, -0.25) is 19.7 Å². The molecule has 0 radical (unpaired) electrons. The number of nitro benzene ring substituents is 1. The number of para-hydroxylation sites is 2. The monoisotopic (exact) mass is 328 g/mol. The first-order chi connectivity index (χ1) is 11.5. The first-order valence-electron chi connectivity index (χ1n) is 7.30. The summed E-state index contributed by atoms with van der Waals surface area (Å²) in [6.07, 6.45) is 0.415. The molecule has 7 nitrogen and oxygen atoms in total. The molecule has 0 spiro atoms. The number of rotatable bonds is 7. The largest absolute Gasteiger partial charge is 0.484 e. The standard InChI is InChI=1S/C17H16N2O5/c1-2-16(20)12-7-9-13(10-8-12)24-11-17(21)18-14-5-3-4-6-15(14)19(22)23/h3-10H,2,11H2,1H3,(H,18,21). The van der Waals surface area contributed by atoms with Gasteiger partial charge in [0.15, 0.2) is 12.4 Å². The Bertz CT molecular complexity index is 756. The first kappa shape index (κ1) is 17.1. The summed E-state index contributed by atoms with van der Waals surface area (Å²) in [6.45, 7) is 1.48. The van der Waals surface area contributed by atoms with Gasteiger partial charge in [0.25, 0.3) is 11.6 Å². The van der Waals surface area contributed by atoms with Crippen molar-refractivity contribution in [2.45, 2.75) is 13.3 Å². The molecule has 0 saturated heterocycles. The van der Waals surface area contributed by atoms with Crippen LogP contribution in [0.15, 0.2) is 48.5 Å². The Morgan fingerprint density at radius 1 is 1.12 bits per heavy atom. The minimum Gasteiger partial charge on any atom is -0.484 e. The number of ether oxygens (including phenoxy) is 1. The molecule has 1 N–H and O–H groups in total. The van der Waals surface area contributed by atoms with Gasteiger partial charge in [-0.2, -0.15) is 0 Å². The van der Waals surface area contributed by atoms with Crippen LogP contribution in [0.1, 0.15) is 23.7 Å². The van der Waals surface area contributed by atoms with Gasteiger partial charge >= 0.3 is 0 Å². The number of amides is 1. The number of ketones is 1. The average Bonchev–Trinajstić information content (AvgIpc) is 2.60. The number of carbonyl (C=O) groups is 2. The summed E-state index contributed by atoms with van der Waals surface area (Å²) in [6, 6.07) is 12.3. The van der Waals surface area contributed by atoms with Crippen molar-refractivity contribution in [3.63, 3.8) is 0 Å². The quantitative estimate of drug-likeness (QED) is 0.478. The zero-order valence-corrected chi connectivity index (χ0v) is 13.0. The van der Waals surface area contributed by atoms with E-state index in [-0.39, 0.29) is 23.8 Å². The zero-order valence-electron chi connectivity index (χ0n) is 13.0. The van der Waals surface area contributed by atoms with E-state index in [1.165, 1.54) is 18.2 Å². The third-order valence-electron chi connectivity index (χ3n) is 3.24. The molecule has 2 aromatic carbocycles. The Morgan fingerprint density at radius 2 is 1.79 bits per heavy atom. The molecule has 0 aliphatic carbocycles. The lowest BCUT2D eigenvalue weighted by molar-refractivity contribution is -0.383. The molecule has 0 aliphatic heterocycles. The maximum atomic E-state index is 11.9. The molecule has 124 valence electrons. The highest BCUT2D eigenvalue weighted by molar-refractivity contribution is 5.96. The molecule has 0 aromatic heterocycles. The van der Waals surface area contributed by atoms with E-state index in [2.05, 4.69) is 5.32 Å². The zero-order chi connectivity index (χ0) is 17.5. The van der Waals surface area contributed by atoms with Crippen molar-refractivity contribution < 1.29 is 19.2 Å². The van der Waals surface area contributed by atoms with Crippen LogP contribution in [0.2, 0.25) is 0 Å². The lowest BCUT2D eigenvalue weighted by Gasteiger charge is -2.08. The molecule has 2 aromatic rings. The molecule has 7 heteroatoms. The molecule has 1 amide bonds. The van der Waals surface area contributed by atoms with Crippen molar-refractivity contribution in [3.05, 3.63) is 64.2 Å². The highest BCUT2D eigenvalue weighted by Crippen LogP contribution is 2.23. The fourth-order valence-electron chi connectivity index (χ4n) is 2.01. The topological polar surface area (TPSA) is 98.5 Å². The summed E-state index contributed by atoms with van der Waals surface area (Å²) in [7, 11) is 0. The molecular formula is C17H16N2O5. The van der Waals surface area contributed by atoms with E-state index in [0.717, 1.165) is 0 Å². The van der Waals surface area contributed by atoms with Crippen molar-refractivity contribution >= 4 is 23.1 Å². The second-order valence-corrected chi connectivity index (χ2v) is 4.91. The molecule has 0 aliphatic rings. The number of nitrogens with one attached hydrogen (secondary N) is 1. The molecule has 0 saturated carbocycles. The third-order valence-corrected chi connectivity index (χ3v) is 3.24. The van der Waals surface area contributed by atoms with Gasteiger partial charge in [-0.25, -0.2) is 0 Å². The fourth-order valence-corrected chi connectivity index (χ4v) is 2.01. The van der Waals surface area contributed by atoms with Crippen molar-refractivity contribution in [2.75, 3.05) is 11.9 Å². The molecule has 2 rings (SSSR count). The molecule has 0 unspecified atom stereocenters. The summed E-state index contributed by atoms with van der Waals surface area (Å²) < 4.78 is 5.32. The van der Waals surface area contributed by atoms with Crippen molar-refractivity contribution in [1.29, 1.82) is 0 Å². The van der Waals surface area contributed by atoms with Gasteiger partial charge in [0.2, 0.25) is 0 Å². The predicted molar refractivity (Wildman–Crippen MR) is 88.3 cm³/mol. The fraction of sp³-hybridized carbons (Fsp3) is 0.176. The molecule has 24 heavy (non-hydrogen) atoms. The Hall–Kier alpha value is -3.22. The van der Waals surface area contributed by atoms with Gasteiger partial charge in [-0.05, 0) is 30.3 Å². The number of benzene rings is 2. The molecular weight excluding hydrogens is 312 g/mol. The van der Waals surface area contributed by atoms with E-state index < -0.39 is 10.8 Å². The Labute approximate surface area is 138 Å². The van der Waals surface area contributed by atoms with Gasteiger partial charge < -0.3 is 10.1 Å². The van der Waals surface area contributed by atoms with Crippen LogP contribution in [-0.2, 0) is 4.79 Å². The molecule has 0 fully saturated rings. The van der Waals surface area contributed by atoms with Crippen molar-refractivity contribution in [1.82, 2.24) is 0 Å². The van der Waals surface area contributed by atoms with E-state index in [0.29, 0.717) is 17.7 Å². The van der Waals surface area contributed by atoms with Crippen molar-refractivity contribution in [3.8, 4) is 5.75 Å². The molecule has 0 atom stereocenters. The molecule has 0 bridgehead atoms. The van der Waals surface area contributed by atoms with Gasteiger partial charge in [0, 0.05) is 18.1 Å². The van der Waals surface area contributed by atoms with Gasteiger partial charge in [-0.15, -0.1) is 0 Å². The minimum atomic E-state index is -0.570. The van der Waals surface area contributed by atoms with Crippen LogP contribution in [-0.4, -0.2) is 23.2 Å². The lowest BCUT2D eigenvalue weighted by atomic mass is 10.1. The van der Waals surface area contributed by atoms with E-state index in [1.807, 2.05) is 0 Å². The van der Waals surface area contributed by atoms with E-state index in [9.17, 15) is 19.7 Å². The maximum absolute atomic E-state index is 11.9. The number of hydrogen-bond acceptors (Lipinski definition) is 5. The number of hydrogen-bond donors (Lipinski definition) is 1. The Balaban J connectivity index is 1.94. The van der Waals surface area contributed by atoms with Gasteiger partial charge in [0.1, 0.15) is 11.4 Å². The lowest BCUT2D eigenvalue weighted by Crippen LogP contribution is -2.20. The first-order valence-corrected chi connectivity index (χ1v) is 7.30. The van der Waals surface area contributed by atoms with Crippen LogP contribution in [0.5, 0.6) is 5.75 Å². The Kier molecular flexibility index (Phi) is 5.62. The van der Waals surface area contributed by atoms with Crippen molar-refractivity contribution in [2.24, 2.45) is 0 Å². The molecule has 0 heterocycles. The number of nitrogens with zero attached hydrogens (tertiary/aromatic N) is 1. The highest BCUT2D eigenvalue weighted by atomic mass is 16.6. The second-order valence-electron chi connectivity index (χ2n) is 4.91. The number of Topliss-reactive ketones (excluding diaryl/α,β-unsaturated/α-hetero) is 1. The predicted octanol–water partition coefficient (Wildman–Crippen LogP) is 3.21. The van der Waals surface area contributed by atoms with E-state index in [4.69, 9.17) is 4.74 Å². The summed E-state index contributed by atoms with van der Waals surface area (Å²) in [4.78, 5) is 33.7. The van der Waals surface area contributed by atoms with Crippen LogP contribution in [0, 0.1) is 10.1 Å². The van der Waals surface area contributed by atoms with Crippen LogP contribution >= 0.6 is 0 Å². The number of nitro groups is 1. The van der Waals surface area contributed by atoms with Crippen LogP contribution < -0.4 is 10.1 Å². The summed E-state index contributed by atoms with van der Waals surface area (Å²) in [5.74, 6) is -0.0611. The number of carbonyl (C=O) groups excluding carboxylic acids is 2. The van der Waals surface area contributed by atoms with Crippen LogP contribution in [0.4, 0.5) is 11.4 Å². The SMILES string of the molecule is CCC(=O)c1ccc(OCC(=O)Nc2ccccc2[N+](=O)[O-])cc1. The smallest absolute Gasteiger partial charge is 0.292 e. The highest BCUT2D eigenvalue weighted by Gasteiger charge is 2.15. The normalized spacial score (nSPS) is 10.0. The summed E-state index contributed by atoms with van der Waals surface area (Å²) in [5.41, 5.74) is 0.502. The van der Waals surface area contributed by atoms with Crippen LogP contribution in [0.25, 0.3) is 0 Å².